The Morgan fingerprint density at radius 2 is 1.69 bits per heavy atom. The summed E-state index contributed by atoms with van der Waals surface area (Å²) >= 11 is 0.741. The SMILES string of the molecule is CS(=O)(=O)NSc1ccc(C(F)(F)F)cc1. The summed E-state index contributed by atoms with van der Waals surface area (Å²) in [6.45, 7) is 0. The fourth-order valence-corrected chi connectivity index (χ4v) is 2.10. The maximum atomic E-state index is 12.2. The van der Waals surface area contributed by atoms with E-state index in [-0.39, 0.29) is 0 Å². The van der Waals surface area contributed by atoms with E-state index in [0.717, 1.165) is 30.3 Å². The highest BCUT2D eigenvalue weighted by atomic mass is 32.3. The average Bonchev–Trinajstić information content (AvgIpc) is 2.13. The molecule has 1 rings (SSSR count). The number of rotatable bonds is 3. The van der Waals surface area contributed by atoms with Gasteiger partial charge in [-0.05, 0) is 36.2 Å². The molecule has 0 aromatic heterocycles. The van der Waals surface area contributed by atoms with Crippen LogP contribution in [0.25, 0.3) is 0 Å². The average molecular weight is 271 g/mol. The van der Waals surface area contributed by atoms with Crippen molar-refractivity contribution in [2.24, 2.45) is 0 Å². The normalized spacial score (nSPS) is 12.8. The molecule has 1 N–H and O–H groups in total. The van der Waals surface area contributed by atoms with Crippen molar-refractivity contribution in [3.63, 3.8) is 0 Å². The van der Waals surface area contributed by atoms with Crippen LogP contribution in [0.1, 0.15) is 5.56 Å². The van der Waals surface area contributed by atoms with Crippen molar-refractivity contribution in [1.82, 2.24) is 4.13 Å². The smallest absolute Gasteiger partial charge is 0.212 e. The summed E-state index contributed by atoms with van der Waals surface area (Å²) in [5, 5.41) is 0. The van der Waals surface area contributed by atoms with Crippen molar-refractivity contribution in [3.05, 3.63) is 29.8 Å². The Kier molecular flexibility index (Phi) is 3.87. The van der Waals surface area contributed by atoms with E-state index in [1.165, 1.54) is 12.1 Å². The highest BCUT2D eigenvalue weighted by Crippen LogP contribution is 2.30. The molecule has 0 heterocycles. The zero-order chi connectivity index (χ0) is 12.4. The third-order valence-corrected chi connectivity index (χ3v) is 3.54. The van der Waals surface area contributed by atoms with Crippen molar-refractivity contribution in [2.45, 2.75) is 11.1 Å². The van der Waals surface area contributed by atoms with Crippen molar-refractivity contribution in [3.8, 4) is 0 Å². The molecule has 0 spiro atoms. The molecule has 0 aliphatic heterocycles. The second-order valence-electron chi connectivity index (χ2n) is 2.98. The van der Waals surface area contributed by atoms with Crippen LogP contribution in [0.2, 0.25) is 0 Å². The first-order valence-electron chi connectivity index (χ1n) is 3.99. The summed E-state index contributed by atoms with van der Waals surface area (Å²) in [4.78, 5) is 0.387. The van der Waals surface area contributed by atoms with Gasteiger partial charge in [0.05, 0.1) is 11.8 Å². The zero-order valence-corrected chi connectivity index (χ0v) is 9.71. The minimum Gasteiger partial charge on any atom is -0.212 e. The Morgan fingerprint density at radius 3 is 2.06 bits per heavy atom. The molecule has 0 saturated carbocycles. The van der Waals surface area contributed by atoms with Crippen LogP contribution in [0.4, 0.5) is 13.2 Å². The first kappa shape index (κ1) is 13.3. The molecule has 90 valence electrons. The summed E-state index contributed by atoms with van der Waals surface area (Å²) in [6, 6.07) is 4.19. The molecule has 0 aliphatic rings. The standard InChI is InChI=1S/C8H8F3NO2S2/c1-16(13,14)12-15-7-4-2-6(3-5-7)8(9,10)11/h2-5,12H,1H3. The highest BCUT2D eigenvalue weighted by molar-refractivity contribution is 8.09. The minimum absolute atomic E-state index is 0.387. The molecule has 0 atom stereocenters. The highest BCUT2D eigenvalue weighted by Gasteiger charge is 2.29. The molecule has 1 aromatic carbocycles. The van der Waals surface area contributed by atoms with Gasteiger partial charge in [0, 0.05) is 4.90 Å². The van der Waals surface area contributed by atoms with Crippen LogP contribution < -0.4 is 4.13 Å². The Balaban J connectivity index is 2.73. The largest absolute Gasteiger partial charge is 0.416 e. The second-order valence-corrected chi connectivity index (χ2v) is 5.87. The van der Waals surface area contributed by atoms with E-state index in [1.54, 1.807) is 0 Å². The topological polar surface area (TPSA) is 46.2 Å². The van der Waals surface area contributed by atoms with Gasteiger partial charge >= 0.3 is 6.18 Å². The van der Waals surface area contributed by atoms with Crippen molar-refractivity contribution in [2.75, 3.05) is 6.26 Å². The predicted molar refractivity (Wildman–Crippen MR) is 55.3 cm³/mol. The van der Waals surface area contributed by atoms with E-state index < -0.39 is 21.8 Å². The summed E-state index contributed by atoms with van der Waals surface area (Å²) in [6.07, 6.45) is -3.42. The molecule has 3 nitrogen and oxygen atoms in total. The lowest BCUT2D eigenvalue weighted by Crippen LogP contribution is -2.13. The van der Waals surface area contributed by atoms with Crippen LogP contribution in [0, 0.1) is 0 Å². The van der Waals surface area contributed by atoms with Gasteiger partial charge in [-0.3, -0.25) is 0 Å². The van der Waals surface area contributed by atoms with Gasteiger partial charge in [-0.25, -0.2) is 8.42 Å². The molecule has 0 saturated heterocycles. The van der Waals surface area contributed by atoms with Gasteiger partial charge in [0.2, 0.25) is 10.0 Å². The second kappa shape index (κ2) is 4.64. The summed E-state index contributed by atoms with van der Waals surface area (Å²) < 4.78 is 60.1. The fourth-order valence-electron chi connectivity index (χ4n) is 0.836. The van der Waals surface area contributed by atoms with Crippen LogP contribution in [0.3, 0.4) is 0 Å². The lowest BCUT2D eigenvalue weighted by atomic mass is 10.2. The first-order valence-corrected chi connectivity index (χ1v) is 6.70. The summed E-state index contributed by atoms with van der Waals surface area (Å²) in [5.41, 5.74) is -0.767. The first-order chi connectivity index (χ1) is 7.18. The Morgan fingerprint density at radius 1 is 1.19 bits per heavy atom. The Labute approximate surface area is 95.2 Å². The van der Waals surface area contributed by atoms with Gasteiger partial charge in [-0.2, -0.15) is 17.3 Å². The number of halogens is 3. The molecular formula is C8H8F3NO2S2. The number of alkyl halides is 3. The Hall–Kier alpha value is -0.730. The van der Waals surface area contributed by atoms with Gasteiger partial charge in [0.1, 0.15) is 0 Å². The van der Waals surface area contributed by atoms with Gasteiger partial charge in [0.15, 0.2) is 0 Å². The lowest BCUT2D eigenvalue weighted by molar-refractivity contribution is -0.137. The number of hydrogen-bond donors (Lipinski definition) is 1. The molecule has 8 heteroatoms. The van der Waals surface area contributed by atoms with Gasteiger partial charge in [0.25, 0.3) is 0 Å². The maximum absolute atomic E-state index is 12.2. The molecule has 0 fully saturated rings. The van der Waals surface area contributed by atoms with Crippen LogP contribution in [0.15, 0.2) is 29.2 Å². The summed E-state index contributed by atoms with van der Waals surface area (Å²) in [5.74, 6) is 0. The molecule has 1 aromatic rings. The summed E-state index contributed by atoms with van der Waals surface area (Å²) in [7, 11) is -3.37. The van der Waals surface area contributed by atoms with E-state index in [1.807, 2.05) is 0 Å². The molecule has 0 unspecified atom stereocenters. The van der Waals surface area contributed by atoms with Crippen molar-refractivity contribution >= 4 is 22.0 Å². The molecule has 0 amide bonds. The van der Waals surface area contributed by atoms with E-state index >= 15 is 0 Å². The molecule has 16 heavy (non-hydrogen) atoms. The quantitative estimate of drug-likeness (QED) is 0.858. The Bertz CT molecular complexity index is 453. The van der Waals surface area contributed by atoms with E-state index in [9.17, 15) is 21.6 Å². The van der Waals surface area contributed by atoms with Gasteiger partial charge in [-0.15, -0.1) is 0 Å². The lowest BCUT2D eigenvalue weighted by Gasteiger charge is -2.07. The number of benzene rings is 1. The fraction of sp³-hybridized carbons (Fsp3) is 0.250. The number of hydrogen-bond acceptors (Lipinski definition) is 3. The van der Waals surface area contributed by atoms with Crippen molar-refractivity contribution < 1.29 is 21.6 Å². The van der Waals surface area contributed by atoms with Crippen molar-refractivity contribution in [1.29, 1.82) is 0 Å². The van der Waals surface area contributed by atoms with Crippen LogP contribution in [0.5, 0.6) is 0 Å². The van der Waals surface area contributed by atoms with Crippen LogP contribution in [-0.4, -0.2) is 14.7 Å². The number of sulfonamides is 1. The van der Waals surface area contributed by atoms with Crippen LogP contribution >= 0.6 is 11.9 Å². The zero-order valence-electron chi connectivity index (χ0n) is 8.08. The van der Waals surface area contributed by atoms with E-state index in [4.69, 9.17) is 0 Å². The van der Waals surface area contributed by atoms with Gasteiger partial charge in [-0.1, -0.05) is 0 Å². The van der Waals surface area contributed by atoms with E-state index in [2.05, 4.69) is 4.13 Å². The molecule has 0 aliphatic carbocycles. The molecular weight excluding hydrogens is 263 g/mol. The third kappa shape index (κ3) is 4.42. The van der Waals surface area contributed by atoms with E-state index in [0.29, 0.717) is 4.90 Å². The number of nitrogens with one attached hydrogen (secondary N) is 1. The van der Waals surface area contributed by atoms with Gasteiger partial charge < -0.3 is 0 Å². The third-order valence-electron chi connectivity index (χ3n) is 1.49. The maximum Gasteiger partial charge on any atom is 0.416 e. The molecule has 0 bridgehead atoms. The minimum atomic E-state index is -4.38. The molecule has 0 radical (unpaired) electrons. The van der Waals surface area contributed by atoms with Crippen LogP contribution in [-0.2, 0) is 16.2 Å². The predicted octanol–water partition coefficient (Wildman–Crippen LogP) is 2.26. The monoisotopic (exact) mass is 271 g/mol.